The first-order valence-corrected chi connectivity index (χ1v) is 7.56. The highest BCUT2D eigenvalue weighted by atomic mass is 32.2. The Morgan fingerprint density at radius 2 is 2.11 bits per heavy atom. The lowest BCUT2D eigenvalue weighted by molar-refractivity contribution is -0.0908. The van der Waals surface area contributed by atoms with E-state index < -0.39 is 15.8 Å². The molecule has 0 aromatic heterocycles. The van der Waals surface area contributed by atoms with Crippen LogP contribution < -0.4 is 4.72 Å². The van der Waals surface area contributed by atoms with Gasteiger partial charge in [-0.3, -0.25) is 0 Å². The Kier molecular flexibility index (Phi) is 3.68. The Morgan fingerprint density at radius 3 is 2.63 bits per heavy atom. The zero-order valence-electron chi connectivity index (χ0n) is 11.2. The lowest BCUT2D eigenvalue weighted by Gasteiger charge is -2.50. The maximum atomic E-state index is 13.1. The van der Waals surface area contributed by atoms with Gasteiger partial charge in [0.05, 0.1) is 11.0 Å². The molecule has 1 fully saturated rings. The van der Waals surface area contributed by atoms with Crippen molar-refractivity contribution in [3.05, 3.63) is 30.1 Å². The van der Waals surface area contributed by atoms with Crippen LogP contribution in [0.25, 0.3) is 0 Å². The summed E-state index contributed by atoms with van der Waals surface area (Å²) in [6.07, 6.45) is 0.658. The molecule has 2 rings (SSSR count). The minimum absolute atomic E-state index is 0.0349. The molecule has 106 valence electrons. The first-order valence-electron chi connectivity index (χ1n) is 6.08. The van der Waals surface area contributed by atoms with Gasteiger partial charge in [0.15, 0.2) is 0 Å². The van der Waals surface area contributed by atoms with Gasteiger partial charge in [-0.25, -0.2) is 17.5 Å². The van der Waals surface area contributed by atoms with Crippen LogP contribution in [0.5, 0.6) is 0 Å². The van der Waals surface area contributed by atoms with Crippen LogP contribution in [0.4, 0.5) is 4.39 Å². The molecule has 1 saturated carbocycles. The van der Waals surface area contributed by atoms with Crippen LogP contribution in [0, 0.1) is 11.2 Å². The zero-order valence-corrected chi connectivity index (χ0v) is 12.0. The van der Waals surface area contributed by atoms with E-state index in [4.69, 9.17) is 4.74 Å². The summed E-state index contributed by atoms with van der Waals surface area (Å²) >= 11 is 0. The SMILES string of the molecule is COC1CC(NS(=O)(=O)c2cccc(F)c2)C1(C)C. The van der Waals surface area contributed by atoms with Crippen LogP contribution in [-0.4, -0.2) is 27.7 Å². The molecule has 0 bridgehead atoms. The fourth-order valence-electron chi connectivity index (χ4n) is 2.37. The van der Waals surface area contributed by atoms with Gasteiger partial charge in [-0.2, -0.15) is 0 Å². The van der Waals surface area contributed by atoms with E-state index in [1.807, 2.05) is 13.8 Å². The third kappa shape index (κ3) is 2.66. The molecule has 0 heterocycles. The number of hydrogen-bond donors (Lipinski definition) is 1. The third-order valence-corrected chi connectivity index (χ3v) is 5.34. The van der Waals surface area contributed by atoms with E-state index >= 15 is 0 Å². The van der Waals surface area contributed by atoms with Crippen LogP contribution in [-0.2, 0) is 14.8 Å². The van der Waals surface area contributed by atoms with Gasteiger partial charge in [-0.05, 0) is 24.6 Å². The fourth-order valence-corrected chi connectivity index (χ4v) is 3.81. The van der Waals surface area contributed by atoms with E-state index in [1.54, 1.807) is 7.11 Å². The van der Waals surface area contributed by atoms with Crippen molar-refractivity contribution in [1.82, 2.24) is 4.72 Å². The molecule has 1 aromatic rings. The molecule has 19 heavy (non-hydrogen) atoms. The molecule has 0 spiro atoms. The molecule has 1 aliphatic rings. The molecule has 2 atom stereocenters. The van der Waals surface area contributed by atoms with Crippen LogP contribution in [0.1, 0.15) is 20.3 Å². The summed E-state index contributed by atoms with van der Waals surface area (Å²) < 4.78 is 45.3. The highest BCUT2D eigenvalue weighted by Crippen LogP contribution is 2.42. The fraction of sp³-hybridized carbons (Fsp3) is 0.538. The maximum absolute atomic E-state index is 13.1. The summed E-state index contributed by atoms with van der Waals surface area (Å²) in [6, 6.07) is 4.79. The first-order chi connectivity index (χ1) is 8.77. The second-order valence-electron chi connectivity index (χ2n) is 5.41. The lowest BCUT2D eigenvalue weighted by Crippen LogP contribution is -2.61. The predicted molar refractivity (Wildman–Crippen MR) is 69.7 cm³/mol. The van der Waals surface area contributed by atoms with Crippen molar-refractivity contribution in [3.63, 3.8) is 0 Å². The van der Waals surface area contributed by atoms with Gasteiger partial charge in [0, 0.05) is 18.6 Å². The molecule has 1 aliphatic carbocycles. The Labute approximate surface area is 113 Å². The summed E-state index contributed by atoms with van der Waals surface area (Å²) in [7, 11) is -2.08. The Bertz CT molecular complexity index is 571. The number of halogens is 1. The van der Waals surface area contributed by atoms with Crippen LogP contribution >= 0.6 is 0 Å². The van der Waals surface area contributed by atoms with Crippen molar-refractivity contribution in [2.24, 2.45) is 5.41 Å². The Balaban J connectivity index is 2.16. The molecule has 0 saturated heterocycles. The number of hydrogen-bond acceptors (Lipinski definition) is 3. The summed E-state index contributed by atoms with van der Waals surface area (Å²) in [6.45, 7) is 3.90. The van der Waals surface area contributed by atoms with E-state index in [9.17, 15) is 12.8 Å². The molecule has 1 N–H and O–H groups in total. The number of methoxy groups -OCH3 is 1. The Hall–Kier alpha value is -0.980. The lowest BCUT2D eigenvalue weighted by atomic mass is 9.65. The number of nitrogens with one attached hydrogen (secondary N) is 1. The van der Waals surface area contributed by atoms with Crippen molar-refractivity contribution >= 4 is 10.0 Å². The maximum Gasteiger partial charge on any atom is 0.240 e. The second-order valence-corrected chi connectivity index (χ2v) is 7.13. The van der Waals surface area contributed by atoms with Crippen molar-refractivity contribution in [1.29, 1.82) is 0 Å². The van der Waals surface area contributed by atoms with Gasteiger partial charge in [0.1, 0.15) is 5.82 Å². The monoisotopic (exact) mass is 287 g/mol. The molecule has 0 radical (unpaired) electrons. The molecular formula is C13H18FNO3S. The Morgan fingerprint density at radius 1 is 1.42 bits per heavy atom. The normalized spacial score (nSPS) is 25.9. The quantitative estimate of drug-likeness (QED) is 0.920. The standard InChI is InChI=1S/C13H18FNO3S/c1-13(2)11(8-12(13)18-3)15-19(16,17)10-6-4-5-9(14)7-10/h4-7,11-12,15H,8H2,1-3H3. The van der Waals surface area contributed by atoms with E-state index in [0.717, 1.165) is 6.07 Å². The third-order valence-electron chi connectivity index (χ3n) is 3.87. The van der Waals surface area contributed by atoms with E-state index in [2.05, 4.69) is 4.72 Å². The van der Waals surface area contributed by atoms with Gasteiger partial charge in [0.2, 0.25) is 10.0 Å². The zero-order chi connectivity index (χ0) is 14.3. The number of benzene rings is 1. The molecule has 2 unspecified atom stereocenters. The number of rotatable bonds is 4. The number of ether oxygens (including phenoxy) is 1. The van der Waals surface area contributed by atoms with Gasteiger partial charge < -0.3 is 4.74 Å². The van der Waals surface area contributed by atoms with Crippen LogP contribution in [0.3, 0.4) is 0 Å². The van der Waals surface area contributed by atoms with E-state index in [1.165, 1.54) is 18.2 Å². The van der Waals surface area contributed by atoms with Crippen molar-refractivity contribution in [2.75, 3.05) is 7.11 Å². The van der Waals surface area contributed by atoms with Crippen molar-refractivity contribution in [2.45, 2.75) is 37.3 Å². The summed E-state index contributed by atoms with van der Waals surface area (Å²) in [5.41, 5.74) is -0.269. The first kappa shape index (κ1) is 14.4. The van der Waals surface area contributed by atoms with E-state index in [-0.39, 0.29) is 22.5 Å². The molecule has 0 amide bonds. The summed E-state index contributed by atoms with van der Waals surface area (Å²) in [5, 5.41) is 0. The molecule has 1 aromatic carbocycles. The minimum Gasteiger partial charge on any atom is -0.381 e. The average molecular weight is 287 g/mol. The largest absolute Gasteiger partial charge is 0.381 e. The van der Waals surface area contributed by atoms with E-state index in [0.29, 0.717) is 6.42 Å². The van der Waals surface area contributed by atoms with Crippen molar-refractivity contribution < 1.29 is 17.5 Å². The summed E-state index contributed by atoms with van der Waals surface area (Å²) in [4.78, 5) is -0.0517. The predicted octanol–water partition coefficient (Wildman–Crippen LogP) is 1.92. The summed E-state index contributed by atoms with van der Waals surface area (Å²) in [5.74, 6) is -0.564. The second kappa shape index (κ2) is 4.85. The molecule has 4 nitrogen and oxygen atoms in total. The molecule has 6 heteroatoms. The molecule has 0 aliphatic heterocycles. The number of sulfonamides is 1. The van der Waals surface area contributed by atoms with Gasteiger partial charge in [-0.15, -0.1) is 0 Å². The smallest absolute Gasteiger partial charge is 0.240 e. The van der Waals surface area contributed by atoms with Gasteiger partial charge >= 0.3 is 0 Å². The van der Waals surface area contributed by atoms with Gasteiger partial charge in [-0.1, -0.05) is 19.9 Å². The average Bonchev–Trinajstić information content (AvgIpc) is 2.34. The van der Waals surface area contributed by atoms with Crippen molar-refractivity contribution in [3.8, 4) is 0 Å². The van der Waals surface area contributed by atoms with Gasteiger partial charge in [0.25, 0.3) is 0 Å². The molecular weight excluding hydrogens is 269 g/mol. The topological polar surface area (TPSA) is 55.4 Å². The van der Waals surface area contributed by atoms with Crippen LogP contribution in [0.15, 0.2) is 29.2 Å². The highest BCUT2D eigenvalue weighted by molar-refractivity contribution is 7.89. The minimum atomic E-state index is -3.69. The highest BCUT2D eigenvalue weighted by Gasteiger charge is 2.50. The van der Waals surface area contributed by atoms with Crippen LogP contribution in [0.2, 0.25) is 0 Å².